The van der Waals surface area contributed by atoms with E-state index < -0.39 is 33.9 Å². The first-order chi connectivity index (χ1) is 13.7. The third-order valence-electron chi connectivity index (χ3n) is 4.91. The summed E-state index contributed by atoms with van der Waals surface area (Å²) in [6.45, 7) is 4.60. The molecule has 1 aliphatic heterocycles. The number of rotatable bonds is 7. The molecule has 5 N–H and O–H groups in total. The number of hydrogen-bond acceptors (Lipinski definition) is 5. The minimum atomic E-state index is -3.56. The van der Waals surface area contributed by atoms with Gasteiger partial charge in [0.05, 0.1) is 4.90 Å². The van der Waals surface area contributed by atoms with Crippen LogP contribution in [0.15, 0.2) is 29.2 Å². The first-order valence-electron chi connectivity index (χ1n) is 9.43. The summed E-state index contributed by atoms with van der Waals surface area (Å²) >= 11 is 0. The summed E-state index contributed by atoms with van der Waals surface area (Å²) in [7, 11) is -3.56. The lowest BCUT2D eigenvalue weighted by Crippen LogP contribution is -2.55. The van der Waals surface area contributed by atoms with Crippen LogP contribution in [0.2, 0.25) is 0 Å². The lowest BCUT2D eigenvalue weighted by molar-refractivity contribution is -0.124. The van der Waals surface area contributed by atoms with Crippen molar-refractivity contribution in [3.8, 4) is 0 Å². The van der Waals surface area contributed by atoms with Crippen LogP contribution in [0.5, 0.6) is 0 Å². The Hall–Kier alpha value is -2.66. The first kappa shape index (κ1) is 22.6. The molecule has 160 valence electrons. The average molecular weight is 426 g/mol. The normalized spacial score (nSPS) is 16.6. The molecule has 0 saturated carbocycles. The predicted molar refractivity (Wildman–Crippen MR) is 106 cm³/mol. The molecule has 4 amide bonds. The number of nitrogens with zero attached hydrogens (tertiary/aromatic N) is 1. The van der Waals surface area contributed by atoms with Crippen molar-refractivity contribution in [3.05, 3.63) is 29.8 Å². The highest BCUT2D eigenvalue weighted by Crippen LogP contribution is 2.21. The molecule has 10 nitrogen and oxygen atoms in total. The maximum absolute atomic E-state index is 12.5. The maximum atomic E-state index is 12.5. The van der Waals surface area contributed by atoms with Gasteiger partial charge in [0.15, 0.2) is 0 Å². The van der Waals surface area contributed by atoms with Gasteiger partial charge in [-0.2, -0.15) is 4.31 Å². The van der Waals surface area contributed by atoms with Crippen LogP contribution in [-0.4, -0.2) is 49.7 Å². The summed E-state index contributed by atoms with van der Waals surface area (Å²) in [6.07, 6.45) is 2.28. The van der Waals surface area contributed by atoms with Crippen molar-refractivity contribution >= 4 is 27.9 Å². The largest absolute Gasteiger partial charge is 0.352 e. The number of carbonyl (C=O) groups is 3. The first-order valence-corrected chi connectivity index (χ1v) is 10.9. The van der Waals surface area contributed by atoms with Gasteiger partial charge in [-0.3, -0.25) is 20.4 Å². The molecule has 2 unspecified atom stereocenters. The van der Waals surface area contributed by atoms with Gasteiger partial charge in [-0.15, -0.1) is 0 Å². The Bertz CT molecular complexity index is 850. The highest BCUT2D eigenvalue weighted by atomic mass is 32.2. The quantitative estimate of drug-likeness (QED) is 0.464. The molecule has 0 aromatic heterocycles. The summed E-state index contributed by atoms with van der Waals surface area (Å²) in [5, 5.41) is 2.35. The van der Waals surface area contributed by atoms with Crippen molar-refractivity contribution < 1.29 is 22.8 Å². The zero-order valence-electron chi connectivity index (χ0n) is 16.5. The number of nitrogens with two attached hydrogens (primary N) is 1. The number of urea groups is 1. The van der Waals surface area contributed by atoms with Crippen LogP contribution >= 0.6 is 0 Å². The van der Waals surface area contributed by atoms with Crippen molar-refractivity contribution in [3.63, 3.8) is 0 Å². The summed E-state index contributed by atoms with van der Waals surface area (Å²) in [6, 6.07) is 3.73. The molecule has 11 heteroatoms. The van der Waals surface area contributed by atoms with Crippen LogP contribution in [-0.2, 0) is 14.8 Å². The molecule has 0 radical (unpaired) electrons. The van der Waals surface area contributed by atoms with Crippen LogP contribution in [0.4, 0.5) is 4.79 Å². The molecule has 2 rings (SSSR count). The topological polar surface area (TPSA) is 151 Å². The second-order valence-corrected chi connectivity index (χ2v) is 8.89. The summed E-state index contributed by atoms with van der Waals surface area (Å²) < 4.78 is 26.4. The Balaban J connectivity index is 2.00. The fourth-order valence-corrected chi connectivity index (χ4v) is 4.50. The third kappa shape index (κ3) is 5.67. The molecule has 1 fully saturated rings. The maximum Gasteiger partial charge on any atom is 0.312 e. The number of primary amides is 1. The van der Waals surface area contributed by atoms with Gasteiger partial charge in [-0.05, 0) is 43.0 Å². The molecule has 29 heavy (non-hydrogen) atoms. The SMILES string of the molecule is CCC(C)C(NC(N)=O)C(=O)NNC(=O)c1ccc(S(=O)(=O)N2CCCC2)cc1. The summed E-state index contributed by atoms with van der Waals surface area (Å²) in [4.78, 5) is 35.7. The molecular weight excluding hydrogens is 398 g/mol. The molecule has 0 bridgehead atoms. The van der Waals surface area contributed by atoms with Crippen molar-refractivity contribution in [1.29, 1.82) is 0 Å². The Morgan fingerprint density at radius 3 is 2.21 bits per heavy atom. The molecule has 1 heterocycles. The number of benzene rings is 1. The molecule has 0 spiro atoms. The fourth-order valence-electron chi connectivity index (χ4n) is 2.98. The van der Waals surface area contributed by atoms with E-state index in [-0.39, 0.29) is 16.4 Å². The number of nitrogens with one attached hydrogen (secondary N) is 3. The molecule has 2 atom stereocenters. The van der Waals surface area contributed by atoms with Crippen LogP contribution in [0.1, 0.15) is 43.5 Å². The minimum Gasteiger partial charge on any atom is -0.352 e. The van der Waals surface area contributed by atoms with Gasteiger partial charge in [-0.1, -0.05) is 20.3 Å². The minimum absolute atomic E-state index is 0.113. The second kappa shape index (κ2) is 9.70. The van der Waals surface area contributed by atoms with Gasteiger partial charge in [0.25, 0.3) is 11.8 Å². The van der Waals surface area contributed by atoms with Crippen molar-refractivity contribution in [2.45, 2.75) is 44.0 Å². The number of sulfonamides is 1. The van der Waals surface area contributed by atoms with E-state index in [9.17, 15) is 22.8 Å². The Morgan fingerprint density at radius 1 is 1.10 bits per heavy atom. The molecule has 1 aromatic rings. The lowest BCUT2D eigenvalue weighted by Gasteiger charge is -2.22. The molecule has 0 aliphatic carbocycles. The summed E-state index contributed by atoms with van der Waals surface area (Å²) in [5.74, 6) is -1.43. The van der Waals surface area contributed by atoms with E-state index in [2.05, 4.69) is 16.2 Å². The van der Waals surface area contributed by atoms with Crippen molar-refractivity contribution in [1.82, 2.24) is 20.5 Å². The molecule has 1 saturated heterocycles. The number of hydrazine groups is 1. The lowest BCUT2D eigenvalue weighted by atomic mass is 9.99. The molecular formula is C18H27N5O5S. The smallest absolute Gasteiger partial charge is 0.312 e. The zero-order chi connectivity index (χ0) is 21.6. The van der Waals surface area contributed by atoms with E-state index in [1.165, 1.54) is 28.6 Å². The monoisotopic (exact) mass is 425 g/mol. The Labute approximate surface area is 170 Å². The van der Waals surface area contributed by atoms with E-state index in [4.69, 9.17) is 5.73 Å². The van der Waals surface area contributed by atoms with Crippen LogP contribution in [0.3, 0.4) is 0 Å². The third-order valence-corrected chi connectivity index (χ3v) is 6.82. The average Bonchev–Trinajstić information content (AvgIpc) is 3.25. The van der Waals surface area contributed by atoms with E-state index in [1.807, 2.05) is 6.92 Å². The van der Waals surface area contributed by atoms with Gasteiger partial charge >= 0.3 is 6.03 Å². The van der Waals surface area contributed by atoms with Crippen molar-refractivity contribution in [2.24, 2.45) is 11.7 Å². The van der Waals surface area contributed by atoms with Crippen LogP contribution < -0.4 is 21.9 Å². The standard InChI is InChI=1S/C18H27N5O5S/c1-3-12(2)15(20-18(19)26)17(25)22-21-16(24)13-6-8-14(9-7-13)29(27,28)23-10-4-5-11-23/h6-9,12,15H,3-5,10-11H2,1-2H3,(H,21,24)(H,22,25)(H3,19,20,26). The predicted octanol–water partition coefficient (Wildman–Crippen LogP) is 0.315. The van der Waals surface area contributed by atoms with E-state index in [0.29, 0.717) is 19.5 Å². The van der Waals surface area contributed by atoms with Gasteiger partial charge in [0, 0.05) is 18.7 Å². The van der Waals surface area contributed by atoms with E-state index in [0.717, 1.165) is 12.8 Å². The van der Waals surface area contributed by atoms with Gasteiger partial charge in [0.2, 0.25) is 10.0 Å². The van der Waals surface area contributed by atoms with Gasteiger partial charge < -0.3 is 11.1 Å². The van der Waals surface area contributed by atoms with Crippen LogP contribution in [0, 0.1) is 5.92 Å². The Kier molecular flexibility index (Phi) is 7.57. The Morgan fingerprint density at radius 2 is 1.69 bits per heavy atom. The fraction of sp³-hybridized carbons (Fsp3) is 0.500. The van der Waals surface area contributed by atoms with Crippen molar-refractivity contribution in [2.75, 3.05) is 13.1 Å². The zero-order valence-corrected chi connectivity index (χ0v) is 17.3. The van der Waals surface area contributed by atoms with E-state index in [1.54, 1.807) is 6.92 Å². The van der Waals surface area contributed by atoms with Gasteiger partial charge in [0.1, 0.15) is 6.04 Å². The second-order valence-electron chi connectivity index (χ2n) is 6.95. The van der Waals surface area contributed by atoms with E-state index >= 15 is 0 Å². The number of hydrogen-bond donors (Lipinski definition) is 4. The summed E-state index contributed by atoms with van der Waals surface area (Å²) in [5.41, 5.74) is 9.78. The highest BCUT2D eigenvalue weighted by Gasteiger charge is 2.28. The highest BCUT2D eigenvalue weighted by molar-refractivity contribution is 7.89. The van der Waals surface area contributed by atoms with Gasteiger partial charge in [-0.25, -0.2) is 13.2 Å². The number of amides is 4. The van der Waals surface area contributed by atoms with Crippen LogP contribution in [0.25, 0.3) is 0 Å². The molecule has 1 aliphatic rings. The number of carbonyl (C=O) groups excluding carboxylic acids is 3. The molecule has 1 aromatic carbocycles.